The average Bonchev–Trinajstić information content (AvgIpc) is 0.918. The molecule has 0 unspecified atom stereocenters. The van der Waals surface area contributed by atoms with Crippen molar-refractivity contribution in [3.8, 4) is 77.9 Å². The van der Waals surface area contributed by atoms with Crippen molar-refractivity contribution < 1.29 is 0 Å². The Morgan fingerprint density at radius 3 is 0.989 bits per heavy atom. The second kappa shape index (κ2) is 20.9. The SMILES string of the molecule is Cc1c2c3c(cccc3c3cc(N(c4cc(-c5ccccc5)cc(-c5ccccc5)c4)c4ccc5c(c4)C(C)(C)c4ccccc4-5)ccc13)C(C)(C)c1cc(N(c3cc(-c4ccccc4)cc(-c4ccccc4)c3)c3ccc4c(c3)C(C)(C)c3ccccc3-4)ccc1-2. The lowest BCUT2D eigenvalue weighted by Gasteiger charge is -2.38. The largest absolute Gasteiger partial charge is 0.310 e. The fourth-order valence-electron chi connectivity index (χ4n) is 16.2. The summed E-state index contributed by atoms with van der Waals surface area (Å²) in [6, 6.07) is 112. The molecule has 0 N–H and O–H groups in total. The zero-order valence-corrected chi connectivity index (χ0v) is 53.2. The highest BCUT2D eigenvalue weighted by atomic mass is 15.1. The van der Waals surface area contributed by atoms with E-state index < -0.39 is 0 Å². The van der Waals surface area contributed by atoms with Crippen LogP contribution in [0.5, 0.6) is 0 Å². The number of hydrogen-bond donors (Lipinski definition) is 0. The fourth-order valence-corrected chi connectivity index (χ4v) is 16.2. The number of benzene rings is 14. The van der Waals surface area contributed by atoms with Gasteiger partial charge in [-0.1, -0.05) is 254 Å². The molecule has 0 atom stereocenters. The number of rotatable bonds is 10. The van der Waals surface area contributed by atoms with Gasteiger partial charge >= 0.3 is 0 Å². The van der Waals surface area contributed by atoms with Crippen LogP contribution < -0.4 is 9.80 Å². The van der Waals surface area contributed by atoms with Crippen molar-refractivity contribution in [1.82, 2.24) is 0 Å². The van der Waals surface area contributed by atoms with Crippen LogP contribution in [0.25, 0.3) is 99.4 Å². The van der Waals surface area contributed by atoms with Gasteiger partial charge in [-0.15, -0.1) is 0 Å². The average molecular weight is 1180 g/mol. The summed E-state index contributed by atoms with van der Waals surface area (Å²) >= 11 is 0. The molecular formula is C90H70N2. The van der Waals surface area contributed by atoms with Gasteiger partial charge in [0.25, 0.3) is 0 Å². The van der Waals surface area contributed by atoms with Crippen molar-refractivity contribution in [2.24, 2.45) is 0 Å². The summed E-state index contributed by atoms with van der Waals surface area (Å²) in [4.78, 5) is 5.05. The Kier molecular flexibility index (Phi) is 12.5. The Balaban J connectivity index is 0.860. The Hall–Kier alpha value is -10.8. The lowest BCUT2D eigenvalue weighted by molar-refractivity contribution is 0.645. The van der Waals surface area contributed by atoms with Crippen molar-refractivity contribution >= 4 is 55.7 Å². The Morgan fingerprint density at radius 2 is 0.554 bits per heavy atom. The van der Waals surface area contributed by atoms with E-state index in [2.05, 4.69) is 356 Å². The molecule has 3 aliphatic carbocycles. The maximum atomic E-state index is 2.53. The van der Waals surface area contributed by atoms with Gasteiger partial charge in [0.1, 0.15) is 0 Å². The first-order valence-corrected chi connectivity index (χ1v) is 32.5. The molecule has 92 heavy (non-hydrogen) atoms. The summed E-state index contributed by atoms with van der Waals surface area (Å²) in [6.07, 6.45) is 0. The first-order valence-electron chi connectivity index (χ1n) is 32.5. The van der Waals surface area contributed by atoms with E-state index in [-0.39, 0.29) is 16.2 Å². The molecule has 2 nitrogen and oxygen atoms in total. The predicted molar refractivity (Wildman–Crippen MR) is 390 cm³/mol. The van der Waals surface area contributed by atoms with Crippen LogP contribution in [0.15, 0.2) is 297 Å². The van der Waals surface area contributed by atoms with Gasteiger partial charge in [0.2, 0.25) is 0 Å². The second-order valence-corrected chi connectivity index (χ2v) is 27.3. The minimum absolute atomic E-state index is 0.181. The van der Waals surface area contributed by atoms with Gasteiger partial charge in [0.15, 0.2) is 0 Å². The van der Waals surface area contributed by atoms with Gasteiger partial charge in [-0.3, -0.25) is 0 Å². The van der Waals surface area contributed by atoms with Crippen LogP contribution in [0.1, 0.15) is 80.5 Å². The highest BCUT2D eigenvalue weighted by Gasteiger charge is 2.39. The predicted octanol–water partition coefficient (Wildman–Crippen LogP) is 24.8. The van der Waals surface area contributed by atoms with Crippen molar-refractivity contribution in [1.29, 1.82) is 0 Å². The van der Waals surface area contributed by atoms with E-state index in [4.69, 9.17) is 0 Å². The smallest absolute Gasteiger partial charge is 0.0473 e. The topological polar surface area (TPSA) is 6.48 Å². The Bertz CT molecular complexity index is 5190. The van der Waals surface area contributed by atoms with E-state index in [1.807, 2.05) is 0 Å². The molecule has 3 aliphatic rings. The van der Waals surface area contributed by atoms with E-state index in [0.29, 0.717) is 0 Å². The molecule has 0 saturated heterocycles. The van der Waals surface area contributed by atoms with Crippen LogP contribution >= 0.6 is 0 Å². The van der Waals surface area contributed by atoms with Gasteiger partial charge in [0.05, 0.1) is 0 Å². The van der Waals surface area contributed by atoms with Crippen LogP contribution in [-0.2, 0) is 16.2 Å². The Morgan fingerprint density at radius 1 is 0.217 bits per heavy atom. The Labute approximate surface area is 541 Å². The van der Waals surface area contributed by atoms with Crippen LogP contribution in [0.3, 0.4) is 0 Å². The van der Waals surface area contributed by atoms with Crippen LogP contribution in [-0.4, -0.2) is 0 Å². The van der Waals surface area contributed by atoms with E-state index in [0.717, 1.165) is 34.1 Å². The molecular weight excluding hydrogens is 1110 g/mol. The summed E-state index contributed by atoms with van der Waals surface area (Å²) in [5.41, 5.74) is 32.6. The number of nitrogens with zero attached hydrogens (tertiary/aromatic N) is 2. The van der Waals surface area contributed by atoms with Gasteiger partial charge in [-0.2, -0.15) is 0 Å². The molecule has 14 aromatic carbocycles. The van der Waals surface area contributed by atoms with Crippen molar-refractivity contribution in [3.05, 3.63) is 336 Å². The number of fused-ring (bicyclic) bond motifs is 10. The molecule has 0 radical (unpaired) electrons. The summed E-state index contributed by atoms with van der Waals surface area (Å²) in [5.74, 6) is 0. The minimum atomic E-state index is -0.379. The molecule has 2 heteroatoms. The number of aryl methyl sites for hydroxylation is 1. The van der Waals surface area contributed by atoms with Crippen molar-refractivity contribution in [2.75, 3.05) is 9.80 Å². The molecule has 0 aromatic heterocycles. The zero-order chi connectivity index (χ0) is 62.2. The molecule has 17 rings (SSSR count). The first kappa shape index (κ1) is 55.3. The van der Waals surface area contributed by atoms with Crippen LogP contribution in [0, 0.1) is 6.92 Å². The molecule has 0 bridgehead atoms. The monoisotopic (exact) mass is 1180 g/mol. The first-order chi connectivity index (χ1) is 44.8. The molecule has 14 aromatic rings. The summed E-state index contributed by atoms with van der Waals surface area (Å²) in [7, 11) is 0. The number of anilines is 6. The lowest BCUT2D eigenvalue weighted by atomic mass is 9.67. The molecule has 0 heterocycles. The molecule has 0 amide bonds. The molecule has 0 aliphatic heterocycles. The highest BCUT2D eigenvalue weighted by Crippen LogP contribution is 2.57. The van der Waals surface area contributed by atoms with Crippen LogP contribution in [0.2, 0.25) is 0 Å². The third-order valence-corrected chi connectivity index (χ3v) is 21.0. The van der Waals surface area contributed by atoms with Crippen LogP contribution in [0.4, 0.5) is 34.1 Å². The van der Waals surface area contributed by atoms with Crippen molar-refractivity contribution in [2.45, 2.75) is 64.7 Å². The van der Waals surface area contributed by atoms with E-state index >= 15 is 0 Å². The third kappa shape index (κ3) is 8.61. The maximum absolute atomic E-state index is 2.53. The fraction of sp³-hybridized carbons (Fsp3) is 0.111. The third-order valence-electron chi connectivity index (χ3n) is 21.0. The molecule has 0 saturated carbocycles. The van der Waals surface area contributed by atoms with Gasteiger partial charge in [-0.05, 0) is 230 Å². The van der Waals surface area contributed by atoms with E-state index in [9.17, 15) is 0 Å². The summed E-state index contributed by atoms with van der Waals surface area (Å²) in [5, 5.41) is 5.11. The van der Waals surface area contributed by atoms with Gasteiger partial charge < -0.3 is 9.80 Å². The molecule has 440 valence electrons. The normalized spacial score (nSPS) is 14.1. The summed E-state index contributed by atoms with van der Waals surface area (Å²) in [6.45, 7) is 16.8. The lowest BCUT2D eigenvalue weighted by Crippen LogP contribution is -2.25. The highest BCUT2D eigenvalue weighted by molar-refractivity contribution is 6.19. The quantitative estimate of drug-likeness (QED) is 0.126. The molecule has 0 spiro atoms. The molecule has 0 fully saturated rings. The van der Waals surface area contributed by atoms with Gasteiger partial charge in [-0.25, -0.2) is 0 Å². The summed E-state index contributed by atoms with van der Waals surface area (Å²) < 4.78 is 0. The van der Waals surface area contributed by atoms with Crippen molar-refractivity contribution in [3.63, 3.8) is 0 Å². The number of hydrogen-bond acceptors (Lipinski definition) is 2. The van der Waals surface area contributed by atoms with Gasteiger partial charge in [0, 0.05) is 50.4 Å². The zero-order valence-electron chi connectivity index (χ0n) is 53.2. The minimum Gasteiger partial charge on any atom is -0.310 e. The van der Waals surface area contributed by atoms with E-state index in [1.165, 1.54) is 138 Å². The maximum Gasteiger partial charge on any atom is 0.0473 e. The standard InChI is InChI=1S/C90H70N2/c1-57-72-43-39-66(91(67-40-44-75-73-33-20-22-36-80(73)88(2,3)83(75)54-67)70-49-62(58-25-12-8-13-26-58)47-63(50-70)59-27-14-9-15-28-59)53-79(72)77-35-24-38-82-87(77)86(57)78-46-42-69(56-85(78)90(82,6)7)92(68-41-45-76-74-34-21-23-37-81(74)89(4,5)84(76)55-68)71-51-64(60-29-16-10-17-30-60)48-65(52-71)61-31-18-11-19-32-61/h8-56H,1-7H3. The second-order valence-electron chi connectivity index (χ2n) is 27.3. The van der Waals surface area contributed by atoms with E-state index in [1.54, 1.807) is 0 Å².